The Morgan fingerprint density at radius 2 is 1.82 bits per heavy atom. The molecule has 1 heterocycles. The highest BCUT2D eigenvalue weighted by molar-refractivity contribution is 9.10. The van der Waals surface area contributed by atoms with Gasteiger partial charge in [-0.2, -0.15) is 0 Å². The fourth-order valence-electron chi connectivity index (χ4n) is 2.16. The molecule has 0 unspecified atom stereocenters. The van der Waals surface area contributed by atoms with Crippen LogP contribution in [0.5, 0.6) is 0 Å². The van der Waals surface area contributed by atoms with Gasteiger partial charge in [0.05, 0.1) is 10.8 Å². The van der Waals surface area contributed by atoms with Gasteiger partial charge in [-0.1, -0.05) is 64.1 Å². The van der Waals surface area contributed by atoms with Crippen LogP contribution >= 0.6 is 27.7 Å². The fraction of sp³-hybridized carbons (Fsp3) is 0.0588. The van der Waals surface area contributed by atoms with E-state index in [9.17, 15) is 9.59 Å². The lowest BCUT2D eigenvalue weighted by atomic mass is 10.2. The molecule has 3 nitrogen and oxygen atoms in total. The lowest BCUT2D eigenvalue weighted by Crippen LogP contribution is -2.07. The van der Waals surface area contributed by atoms with E-state index in [2.05, 4.69) is 20.9 Å². The molecule has 0 aliphatic carbocycles. The van der Waals surface area contributed by atoms with Gasteiger partial charge >= 0.3 is 0 Å². The van der Waals surface area contributed by atoms with Gasteiger partial charge in [0.1, 0.15) is 0 Å². The van der Waals surface area contributed by atoms with Crippen molar-refractivity contribution in [2.45, 2.75) is 5.03 Å². The fourth-order valence-corrected chi connectivity index (χ4v) is 3.38. The summed E-state index contributed by atoms with van der Waals surface area (Å²) in [5.41, 5.74) is 0.510. The van der Waals surface area contributed by atoms with E-state index in [1.165, 1.54) is 11.8 Å². The zero-order valence-corrected chi connectivity index (χ0v) is 13.9. The van der Waals surface area contributed by atoms with Crippen molar-refractivity contribution in [2.24, 2.45) is 0 Å². The number of rotatable bonds is 4. The second-order valence-corrected chi connectivity index (χ2v) is 6.67. The van der Waals surface area contributed by atoms with E-state index in [-0.39, 0.29) is 17.1 Å². The maximum absolute atomic E-state index is 12.2. The molecule has 0 amide bonds. The third kappa shape index (κ3) is 3.31. The minimum absolute atomic E-state index is 0.0336. The highest BCUT2D eigenvalue weighted by Gasteiger charge is 2.09. The summed E-state index contributed by atoms with van der Waals surface area (Å²) < 4.78 is 0.940. The van der Waals surface area contributed by atoms with Crippen molar-refractivity contribution in [1.82, 2.24) is 4.98 Å². The van der Waals surface area contributed by atoms with Gasteiger partial charge < -0.3 is 4.98 Å². The van der Waals surface area contributed by atoms with Crippen LogP contribution in [0.3, 0.4) is 0 Å². The number of Topliss-reactive ketones (excluding diaryl/α,β-unsaturated/α-hetero) is 1. The molecule has 1 N–H and O–H groups in total. The first kappa shape index (κ1) is 15.1. The topological polar surface area (TPSA) is 49.9 Å². The zero-order valence-electron chi connectivity index (χ0n) is 11.5. The molecule has 2 aromatic carbocycles. The summed E-state index contributed by atoms with van der Waals surface area (Å²) in [5, 5.41) is 2.56. The predicted octanol–water partition coefficient (Wildman–Crippen LogP) is 4.27. The van der Waals surface area contributed by atoms with Gasteiger partial charge in [-0.25, -0.2) is 0 Å². The van der Waals surface area contributed by atoms with E-state index in [1.807, 2.05) is 36.4 Å². The number of fused-ring (bicyclic) bond motifs is 1. The molecule has 0 aliphatic rings. The van der Waals surface area contributed by atoms with Crippen molar-refractivity contribution in [3.63, 3.8) is 0 Å². The molecule has 0 saturated carbocycles. The minimum atomic E-state index is -0.155. The number of pyridine rings is 1. The number of carbonyl (C=O) groups excluding carboxylic acids is 1. The number of carbonyl (C=O) groups is 1. The zero-order chi connectivity index (χ0) is 15.5. The molecule has 3 rings (SSSR count). The molecule has 5 heteroatoms. The van der Waals surface area contributed by atoms with E-state index in [1.54, 1.807) is 18.2 Å². The number of halogens is 1. The Labute approximate surface area is 139 Å². The van der Waals surface area contributed by atoms with Gasteiger partial charge in [-0.3, -0.25) is 9.59 Å². The summed E-state index contributed by atoms with van der Waals surface area (Å²) in [6.07, 6.45) is 0. The average molecular weight is 374 g/mol. The summed E-state index contributed by atoms with van der Waals surface area (Å²) in [6.45, 7) is 0. The van der Waals surface area contributed by atoms with E-state index in [0.717, 1.165) is 20.3 Å². The smallest absolute Gasteiger partial charge is 0.249 e. The van der Waals surface area contributed by atoms with Crippen molar-refractivity contribution in [1.29, 1.82) is 0 Å². The first-order valence-corrected chi connectivity index (χ1v) is 8.45. The number of H-pyrrole nitrogens is 1. The lowest BCUT2D eigenvalue weighted by Gasteiger charge is -2.06. The molecule has 0 saturated heterocycles. The summed E-state index contributed by atoms with van der Waals surface area (Å²) in [6, 6.07) is 16.5. The summed E-state index contributed by atoms with van der Waals surface area (Å²) in [5.74, 6) is 0.317. The predicted molar refractivity (Wildman–Crippen MR) is 93.8 cm³/mol. The van der Waals surface area contributed by atoms with Crippen LogP contribution in [0, 0.1) is 0 Å². The van der Waals surface area contributed by atoms with Crippen LogP contribution in [-0.2, 0) is 0 Å². The molecule has 0 spiro atoms. The Balaban J connectivity index is 1.83. The van der Waals surface area contributed by atoms with Crippen molar-refractivity contribution in [3.8, 4) is 0 Å². The third-order valence-electron chi connectivity index (χ3n) is 3.24. The molecule has 1 aromatic heterocycles. The number of aromatic amines is 1. The number of benzene rings is 2. The van der Waals surface area contributed by atoms with Crippen molar-refractivity contribution >= 4 is 44.2 Å². The van der Waals surface area contributed by atoms with Gasteiger partial charge in [0, 0.05) is 21.5 Å². The maximum Gasteiger partial charge on any atom is 0.249 e. The van der Waals surface area contributed by atoms with Crippen LogP contribution in [0.2, 0.25) is 0 Å². The van der Waals surface area contributed by atoms with Gasteiger partial charge in [0.25, 0.3) is 0 Å². The van der Waals surface area contributed by atoms with E-state index in [0.29, 0.717) is 5.56 Å². The quantitative estimate of drug-likeness (QED) is 0.548. The number of hydrogen-bond acceptors (Lipinski definition) is 3. The Morgan fingerprint density at radius 1 is 1.09 bits per heavy atom. The van der Waals surface area contributed by atoms with Gasteiger partial charge in [-0.15, -0.1) is 0 Å². The molecule has 0 atom stereocenters. The van der Waals surface area contributed by atoms with Crippen LogP contribution in [-0.4, -0.2) is 16.5 Å². The number of aromatic nitrogens is 1. The van der Waals surface area contributed by atoms with Crippen LogP contribution in [0.15, 0.2) is 68.9 Å². The SMILES string of the molecule is O=C(CSc1[nH]c(=O)cc2ccccc12)c1ccc(Br)cc1. The molecule has 0 fully saturated rings. The average Bonchev–Trinajstić information content (AvgIpc) is 2.52. The second kappa shape index (κ2) is 6.50. The van der Waals surface area contributed by atoms with Gasteiger partial charge in [-0.05, 0) is 17.5 Å². The van der Waals surface area contributed by atoms with Crippen molar-refractivity contribution in [2.75, 3.05) is 5.75 Å². The molecule has 0 aliphatic heterocycles. The molecular weight excluding hydrogens is 362 g/mol. The maximum atomic E-state index is 12.2. The minimum Gasteiger partial charge on any atom is -0.317 e. The Bertz CT molecular complexity index is 887. The highest BCUT2D eigenvalue weighted by Crippen LogP contribution is 2.25. The second-order valence-electron chi connectivity index (χ2n) is 4.77. The summed E-state index contributed by atoms with van der Waals surface area (Å²) >= 11 is 4.70. The molecule has 0 bridgehead atoms. The third-order valence-corrected chi connectivity index (χ3v) is 4.79. The Hall–Kier alpha value is -1.85. The van der Waals surface area contributed by atoms with Crippen molar-refractivity contribution in [3.05, 3.63) is 75.0 Å². The first-order valence-electron chi connectivity index (χ1n) is 6.67. The number of hydrogen-bond donors (Lipinski definition) is 1. The monoisotopic (exact) mass is 373 g/mol. The van der Waals surface area contributed by atoms with Crippen LogP contribution in [0.4, 0.5) is 0 Å². The van der Waals surface area contributed by atoms with Crippen LogP contribution < -0.4 is 5.56 Å². The lowest BCUT2D eigenvalue weighted by molar-refractivity contribution is 0.102. The van der Waals surface area contributed by atoms with Crippen LogP contribution in [0.25, 0.3) is 10.8 Å². The Morgan fingerprint density at radius 3 is 2.59 bits per heavy atom. The molecular formula is C17H12BrNO2S. The Kier molecular flexibility index (Phi) is 4.45. The standard InChI is InChI=1S/C17H12BrNO2S/c18-13-7-5-11(6-8-13)15(20)10-22-17-14-4-2-1-3-12(14)9-16(21)19-17/h1-9H,10H2,(H,19,21). The summed E-state index contributed by atoms with van der Waals surface area (Å²) in [7, 11) is 0. The molecule has 22 heavy (non-hydrogen) atoms. The highest BCUT2D eigenvalue weighted by atomic mass is 79.9. The van der Waals surface area contributed by atoms with Gasteiger partial charge in [0.15, 0.2) is 5.78 Å². The molecule has 0 radical (unpaired) electrons. The number of thioether (sulfide) groups is 1. The van der Waals surface area contributed by atoms with Gasteiger partial charge in [0.2, 0.25) is 5.56 Å². The normalized spacial score (nSPS) is 10.8. The molecule has 110 valence electrons. The van der Waals surface area contributed by atoms with E-state index in [4.69, 9.17) is 0 Å². The number of nitrogens with one attached hydrogen (secondary N) is 1. The molecule has 3 aromatic rings. The largest absolute Gasteiger partial charge is 0.317 e. The van der Waals surface area contributed by atoms with Crippen molar-refractivity contribution < 1.29 is 4.79 Å². The summed E-state index contributed by atoms with van der Waals surface area (Å²) in [4.78, 5) is 26.7. The van der Waals surface area contributed by atoms with Crippen LogP contribution in [0.1, 0.15) is 10.4 Å². The first-order chi connectivity index (χ1) is 10.6. The number of ketones is 1. The van der Waals surface area contributed by atoms with E-state index >= 15 is 0 Å². The van der Waals surface area contributed by atoms with E-state index < -0.39 is 0 Å².